The molecule has 0 unspecified atom stereocenters. The summed E-state index contributed by atoms with van der Waals surface area (Å²) in [6.45, 7) is 7.71. The maximum Gasteiger partial charge on any atom is 0.267 e. The maximum atomic E-state index is 12.5. The van der Waals surface area contributed by atoms with E-state index in [1.54, 1.807) is 6.08 Å². The van der Waals surface area contributed by atoms with Crippen molar-refractivity contribution in [1.29, 1.82) is 0 Å². The zero-order chi connectivity index (χ0) is 18.0. The fraction of sp³-hybridized carbons (Fsp3) is 0.333. The lowest BCUT2D eigenvalue weighted by Crippen LogP contribution is -2.33. The highest BCUT2D eigenvalue weighted by atomic mass is 16.5. The van der Waals surface area contributed by atoms with Gasteiger partial charge in [0.05, 0.1) is 12.7 Å². The van der Waals surface area contributed by atoms with Crippen molar-refractivity contribution in [3.8, 4) is 0 Å². The fourth-order valence-electron chi connectivity index (χ4n) is 3.44. The second-order valence-corrected chi connectivity index (χ2v) is 6.15. The Hall–Kier alpha value is -2.80. The van der Waals surface area contributed by atoms with Crippen LogP contribution in [0, 0.1) is 19.8 Å². The van der Waals surface area contributed by atoms with Gasteiger partial charge in [-0.25, -0.2) is 0 Å². The van der Waals surface area contributed by atoms with E-state index in [0.29, 0.717) is 29.1 Å². The first-order valence-corrected chi connectivity index (χ1v) is 8.16. The Morgan fingerprint density at radius 1 is 1.04 bits per heavy atom. The van der Waals surface area contributed by atoms with E-state index in [2.05, 4.69) is 27.0 Å². The summed E-state index contributed by atoms with van der Waals surface area (Å²) in [4.78, 5) is 24.9. The highest BCUT2D eigenvalue weighted by molar-refractivity contribution is 5.38. The van der Waals surface area contributed by atoms with Gasteiger partial charge in [0.1, 0.15) is 0 Å². The summed E-state index contributed by atoms with van der Waals surface area (Å²) in [5, 5.41) is 10.9. The van der Waals surface area contributed by atoms with Gasteiger partial charge in [-0.3, -0.25) is 19.8 Å². The largest absolute Gasteiger partial charge is 0.369 e. The Morgan fingerprint density at radius 3 is 2.08 bits per heavy atom. The summed E-state index contributed by atoms with van der Waals surface area (Å²) < 4.78 is 5.88. The molecule has 2 aromatic rings. The van der Waals surface area contributed by atoms with Crippen LogP contribution in [0.5, 0.6) is 0 Å². The highest BCUT2D eigenvalue weighted by Gasteiger charge is 2.36. The van der Waals surface area contributed by atoms with Crippen molar-refractivity contribution >= 4 is 0 Å². The highest BCUT2D eigenvalue weighted by Crippen LogP contribution is 2.36. The number of hydrogen-bond donors (Lipinski definition) is 4. The van der Waals surface area contributed by atoms with E-state index in [1.165, 1.54) is 0 Å². The van der Waals surface area contributed by atoms with Gasteiger partial charge in [-0.05, 0) is 13.8 Å². The standard InChI is InChI=1S/C18H22N4O3/c1-4-9-25-13-8-6-5-7-12(13)16(14-10(2)19-21-17(14)23)15-11(3)20-22-18(15)24/h4-8,12-13,16H,1,9H2,2-3H3,(H2,19,21,23)(H2,20,22,24)/t12-,13-/m1/s1. The number of allylic oxidation sites excluding steroid dienone is 2. The third-order valence-corrected chi connectivity index (χ3v) is 4.56. The number of ether oxygens (including phenoxy) is 1. The smallest absolute Gasteiger partial charge is 0.267 e. The number of aromatic nitrogens is 4. The van der Waals surface area contributed by atoms with E-state index in [4.69, 9.17) is 4.74 Å². The molecule has 0 bridgehead atoms. The molecular weight excluding hydrogens is 320 g/mol. The molecule has 0 aliphatic heterocycles. The number of H-pyrrole nitrogens is 4. The zero-order valence-electron chi connectivity index (χ0n) is 14.3. The first-order valence-electron chi connectivity index (χ1n) is 8.16. The van der Waals surface area contributed by atoms with Crippen molar-refractivity contribution < 1.29 is 4.74 Å². The lowest BCUT2D eigenvalue weighted by Gasteiger charge is -2.30. The van der Waals surface area contributed by atoms with Crippen molar-refractivity contribution in [3.63, 3.8) is 0 Å². The molecule has 0 saturated carbocycles. The van der Waals surface area contributed by atoms with Gasteiger partial charge in [0.15, 0.2) is 0 Å². The van der Waals surface area contributed by atoms with Gasteiger partial charge in [-0.1, -0.05) is 30.4 Å². The van der Waals surface area contributed by atoms with E-state index >= 15 is 0 Å². The maximum absolute atomic E-state index is 12.5. The number of aryl methyl sites for hydroxylation is 2. The minimum absolute atomic E-state index is 0.198. The van der Waals surface area contributed by atoms with Gasteiger partial charge in [0.25, 0.3) is 11.1 Å². The van der Waals surface area contributed by atoms with Gasteiger partial charge in [-0.2, -0.15) is 0 Å². The number of hydrogen-bond acceptors (Lipinski definition) is 3. The summed E-state index contributed by atoms with van der Waals surface area (Å²) in [6, 6.07) is 0. The summed E-state index contributed by atoms with van der Waals surface area (Å²) in [5.74, 6) is -0.642. The van der Waals surface area contributed by atoms with Crippen LogP contribution >= 0.6 is 0 Å². The molecule has 2 aromatic heterocycles. The average molecular weight is 342 g/mol. The molecule has 2 atom stereocenters. The molecule has 7 nitrogen and oxygen atoms in total. The SMILES string of the molecule is C=CCO[C@@H]1C=CC=C[C@H]1C(c1c(C)[nH][nH]c1=O)c1c(C)[nH][nH]c1=O. The molecule has 3 rings (SSSR count). The number of aromatic amines is 4. The van der Waals surface area contributed by atoms with Crippen molar-refractivity contribution in [1.82, 2.24) is 20.4 Å². The number of rotatable bonds is 6. The average Bonchev–Trinajstić information content (AvgIpc) is 3.11. The Morgan fingerprint density at radius 2 is 1.60 bits per heavy atom. The van der Waals surface area contributed by atoms with Crippen LogP contribution in [0.3, 0.4) is 0 Å². The molecule has 25 heavy (non-hydrogen) atoms. The van der Waals surface area contributed by atoms with Gasteiger partial charge < -0.3 is 14.9 Å². The normalized spacial score (nSPS) is 19.6. The molecule has 1 aliphatic rings. The van der Waals surface area contributed by atoms with Crippen LogP contribution in [-0.2, 0) is 4.74 Å². The molecule has 2 heterocycles. The molecule has 0 saturated heterocycles. The number of nitrogens with one attached hydrogen (secondary N) is 4. The topological polar surface area (TPSA) is 107 Å². The van der Waals surface area contributed by atoms with Crippen LogP contribution in [0.2, 0.25) is 0 Å². The Bertz CT molecular complexity index is 871. The third kappa shape index (κ3) is 3.10. The molecule has 0 radical (unpaired) electrons. The predicted octanol–water partition coefficient (Wildman–Crippen LogP) is 1.78. The van der Waals surface area contributed by atoms with E-state index < -0.39 is 5.92 Å². The summed E-state index contributed by atoms with van der Waals surface area (Å²) in [5.41, 5.74) is 2.05. The van der Waals surface area contributed by atoms with Crippen LogP contribution < -0.4 is 11.1 Å². The second-order valence-electron chi connectivity index (χ2n) is 6.15. The van der Waals surface area contributed by atoms with Gasteiger partial charge in [-0.15, -0.1) is 6.58 Å². The Kier molecular flexibility index (Phi) is 4.76. The summed E-state index contributed by atoms with van der Waals surface area (Å²) >= 11 is 0. The Labute approximate surface area is 144 Å². The van der Waals surface area contributed by atoms with Crippen molar-refractivity contribution in [3.05, 3.63) is 80.2 Å². The van der Waals surface area contributed by atoms with Crippen LogP contribution in [0.1, 0.15) is 28.4 Å². The van der Waals surface area contributed by atoms with Crippen molar-refractivity contribution in [2.24, 2.45) is 5.92 Å². The second kappa shape index (κ2) is 6.98. The summed E-state index contributed by atoms with van der Waals surface area (Å²) in [6.07, 6.45) is 9.15. The summed E-state index contributed by atoms with van der Waals surface area (Å²) in [7, 11) is 0. The predicted molar refractivity (Wildman–Crippen MR) is 95.9 cm³/mol. The minimum Gasteiger partial charge on any atom is -0.369 e. The first-order chi connectivity index (χ1) is 12.0. The van der Waals surface area contributed by atoms with Crippen LogP contribution in [0.4, 0.5) is 0 Å². The van der Waals surface area contributed by atoms with Gasteiger partial charge in [0.2, 0.25) is 0 Å². The molecule has 0 spiro atoms. The molecule has 7 heteroatoms. The van der Waals surface area contributed by atoms with Crippen LogP contribution in [0.25, 0.3) is 0 Å². The van der Waals surface area contributed by atoms with Crippen LogP contribution in [0.15, 0.2) is 46.5 Å². The molecule has 0 fully saturated rings. The third-order valence-electron chi connectivity index (χ3n) is 4.56. The van der Waals surface area contributed by atoms with Crippen molar-refractivity contribution in [2.45, 2.75) is 25.9 Å². The van der Waals surface area contributed by atoms with Gasteiger partial charge in [0, 0.05) is 34.4 Å². The Balaban J connectivity index is 2.16. The molecule has 0 amide bonds. The van der Waals surface area contributed by atoms with E-state index in [-0.39, 0.29) is 23.1 Å². The molecule has 0 aromatic carbocycles. The fourth-order valence-corrected chi connectivity index (χ4v) is 3.44. The molecule has 4 N–H and O–H groups in total. The molecule has 1 aliphatic carbocycles. The van der Waals surface area contributed by atoms with Gasteiger partial charge >= 0.3 is 0 Å². The minimum atomic E-state index is -0.444. The molecule has 132 valence electrons. The zero-order valence-corrected chi connectivity index (χ0v) is 14.3. The molecular formula is C18H22N4O3. The monoisotopic (exact) mass is 342 g/mol. The van der Waals surface area contributed by atoms with E-state index in [1.807, 2.05) is 38.2 Å². The van der Waals surface area contributed by atoms with E-state index in [9.17, 15) is 9.59 Å². The lowest BCUT2D eigenvalue weighted by atomic mass is 9.76. The van der Waals surface area contributed by atoms with Crippen LogP contribution in [-0.4, -0.2) is 33.1 Å². The first kappa shape index (κ1) is 17.0. The lowest BCUT2D eigenvalue weighted by molar-refractivity contribution is 0.0726. The van der Waals surface area contributed by atoms with E-state index in [0.717, 1.165) is 0 Å². The quantitative estimate of drug-likeness (QED) is 0.601. The van der Waals surface area contributed by atoms with Crippen molar-refractivity contribution in [2.75, 3.05) is 6.61 Å².